The molecule has 1 aromatic rings. The van der Waals surface area contributed by atoms with E-state index in [4.69, 9.17) is 9.84 Å². The van der Waals surface area contributed by atoms with Crippen LogP contribution >= 0.6 is 15.9 Å². The van der Waals surface area contributed by atoms with Crippen molar-refractivity contribution in [2.75, 3.05) is 11.9 Å². The molecule has 174 valence electrons. The Labute approximate surface area is 192 Å². The molecule has 0 bridgehead atoms. The normalized spacial score (nSPS) is 13.4. The highest BCUT2D eigenvalue weighted by Crippen LogP contribution is 2.13. The number of anilines is 1. The fraction of sp³-hybridized carbons (Fsp3) is 0.591. The molecule has 1 aromatic carbocycles. The van der Waals surface area contributed by atoms with Gasteiger partial charge in [0.25, 0.3) is 0 Å². The molecule has 0 fully saturated rings. The molecule has 31 heavy (non-hydrogen) atoms. The Morgan fingerprint density at radius 3 is 2.23 bits per heavy atom. The first-order chi connectivity index (χ1) is 14.4. The van der Waals surface area contributed by atoms with Gasteiger partial charge in [-0.15, -0.1) is 0 Å². The number of hydrogen-bond donors (Lipinski definition) is 4. The first-order valence-electron chi connectivity index (χ1n) is 10.3. The molecule has 1 rings (SSSR count). The molecule has 8 nitrogen and oxygen atoms in total. The quantitative estimate of drug-likeness (QED) is 0.343. The zero-order valence-corrected chi connectivity index (χ0v) is 20.4. The van der Waals surface area contributed by atoms with Crippen molar-refractivity contribution in [2.24, 2.45) is 5.92 Å². The van der Waals surface area contributed by atoms with Crippen molar-refractivity contribution in [3.05, 3.63) is 29.8 Å². The van der Waals surface area contributed by atoms with Crippen molar-refractivity contribution in [1.82, 2.24) is 10.6 Å². The van der Waals surface area contributed by atoms with Crippen molar-refractivity contribution >= 4 is 39.6 Å². The number of nitrogens with one attached hydrogen (secondary N) is 3. The number of carbonyl (C=O) groups is 3. The maximum atomic E-state index is 12.8. The van der Waals surface area contributed by atoms with Gasteiger partial charge in [-0.2, -0.15) is 0 Å². The average molecular weight is 500 g/mol. The molecule has 2 amide bonds. The van der Waals surface area contributed by atoms with E-state index in [2.05, 4.69) is 31.9 Å². The second-order valence-electron chi connectivity index (χ2n) is 8.71. The molecule has 0 heterocycles. The largest absolute Gasteiger partial charge is 0.481 e. The van der Waals surface area contributed by atoms with Gasteiger partial charge < -0.3 is 25.8 Å². The average Bonchev–Trinajstić information content (AvgIpc) is 2.65. The van der Waals surface area contributed by atoms with Crippen LogP contribution in [0.4, 0.5) is 10.5 Å². The predicted molar refractivity (Wildman–Crippen MR) is 124 cm³/mol. The van der Waals surface area contributed by atoms with Gasteiger partial charge in [-0.05, 0) is 50.8 Å². The number of carbonyl (C=O) groups excluding carboxylic acids is 2. The highest BCUT2D eigenvalue weighted by Gasteiger charge is 2.25. The highest BCUT2D eigenvalue weighted by molar-refractivity contribution is 9.08. The standard InChI is InChI=1S/C22H34BrN3O5/c1-14(2)18(26-21(30)31-22(3,4)5)13-24-17(10-11-19(27)28)20(29)25-16-8-6-15(12-23)7-9-16/h6-9,14,17-18,24H,10-13H2,1-5H3,(H,25,29)(H,26,30)(H,27,28)/t17?,18-/m1/s1. The van der Waals surface area contributed by atoms with Crippen molar-refractivity contribution in [1.29, 1.82) is 0 Å². The van der Waals surface area contributed by atoms with Gasteiger partial charge in [-0.3, -0.25) is 9.59 Å². The molecule has 0 aromatic heterocycles. The third-order valence-electron chi connectivity index (χ3n) is 4.43. The summed E-state index contributed by atoms with van der Waals surface area (Å²) in [6.07, 6.45) is -0.566. The number of ether oxygens (including phenoxy) is 1. The van der Waals surface area contributed by atoms with Gasteiger partial charge in [0.1, 0.15) is 5.60 Å². The zero-order valence-electron chi connectivity index (χ0n) is 18.8. The van der Waals surface area contributed by atoms with Crippen LogP contribution in [0.3, 0.4) is 0 Å². The van der Waals surface area contributed by atoms with E-state index in [9.17, 15) is 14.4 Å². The zero-order chi connectivity index (χ0) is 23.6. The highest BCUT2D eigenvalue weighted by atomic mass is 79.9. The lowest BCUT2D eigenvalue weighted by Crippen LogP contribution is -2.51. The molecular weight excluding hydrogens is 466 g/mol. The summed E-state index contributed by atoms with van der Waals surface area (Å²) in [5, 5.41) is 18.5. The number of halogens is 1. The SMILES string of the molecule is CC(C)[C@@H](CNC(CCC(=O)O)C(=O)Nc1ccc(CBr)cc1)NC(=O)OC(C)(C)C. The molecule has 0 aliphatic rings. The fourth-order valence-electron chi connectivity index (χ4n) is 2.68. The Morgan fingerprint density at radius 2 is 1.74 bits per heavy atom. The van der Waals surface area contributed by atoms with E-state index < -0.39 is 23.7 Å². The van der Waals surface area contributed by atoms with Crippen LogP contribution in [0.25, 0.3) is 0 Å². The third-order valence-corrected chi connectivity index (χ3v) is 5.08. The van der Waals surface area contributed by atoms with Gasteiger partial charge in [0.05, 0.1) is 6.04 Å². The Hall–Kier alpha value is -2.13. The van der Waals surface area contributed by atoms with Gasteiger partial charge in [0.15, 0.2) is 0 Å². The number of aliphatic carboxylic acids is 1. The number of hydrogen-bond acceptors (Lipinski definition) is 5. The minimum Gasteiger partial charge on any atom is -0.481 e. The van der Waals surface area contributed by atoms with E-state index in [-0.39, 0.29) is 37.3 Å². The summed E-state index contributed by atoms with van der Waals surface area (Å²) < 4.78 is 5.31. The molecule has 0 aliphatic carbocycles. The number of alkyl carbamates (subject to hydrolysis) is 1. The van der Waals surface area contributed by atoms with Gasteiger partial charge in [-0.1, -0.05) is 41.9 Å². The third kappa shape index (κ3) is 11.2. The van der Waals surface area contributed by atoms with Crippen LogP contribution in [-0.4, -0.2) is 47.3 Å². The van der Waals surface area contributed by atoms with E-state index in [0.717, 1.165) is 5.56 Å². The lowest BCUT2D eigenvalue weighted by Gasteiger charge is -2.27. The molecule has 0 aliphatic heterocycles. The number of alkyl halides is 1. The Balaban J connectivity index is 2.79. The number of rotatable bonds is 11. The van der Waals surface area contributed by atoms with Gasteiger partial charge in [0.2, 0.25) is 5.91 Å². The van der Waals surface area contributed by atoms with Gasteiger partial charge >= 0.3 is 12.1 Å². The summed E-state index contributed by atoms with van der Waals surface area (Å²) >= 11 is 3.38. The predicted octanol–water partition coefficient (Wildman–Crippen LogP) is 3.89. The van der Waals surface area contributed by atoms with E-state index in [1.165, 1.54) is 0 Å². The first kappa shape index (κ1) is 26.9. The molecular formula is C22H34BrN3O5. The topological polar surface area (TPSA) is 117 Å². The molecule has 4 N–H and O–H groups in total. The van der Waals surface area contributed by atoms with Crippen LogP contribution in [0.2, 0.25) is 0 Å². The molecule has 0 saturated heterocycles. The minimum absolute atomic E-state index is 0.0694. The van der Waals surface area contributed by atoms with Crippen LogP contribution in [0.1, 0.15) is 53.0 Å². The van der Waals surface area contributed by atoms with Crippen molar-refractivity contribution in [2.45, 2.75) is 70.5 Å². The second-order valence-corrected chi connectivity index (χ2v) is 9.27. The lowest BCUT2D eigenvalue weighted by molar-refractivity contribution is -0.137. The van der Waals surface area contributed by atoms with Crippen LogP contribution in [0.5, 0.6) is 0 Å². The van der Waals surface area contributed by atoms with E-state index in [1.807, 2.05) is 26.0 Å². The summed E-state index contributed by atoms with van der Waals surface area (Å²) in [4.78, 5) is 36.0. The lowest BCUT2D eigenvalue weighted by atomic mass is 10.0. The van der Waals surface area contributed by atoms with Crippen molar-refractivity contribution in [3.63, 3.8) is 0 Å². The molecule has 0 spiro atoms. The second kappa shape index (κ2) is 12.7. The van der Waals surface area contributed by atoms with Crippen LogP contribution in [0, 0.1) is 5.92 Å². The van der Waals surface area contributed by atoms with Gasteiger partial charge in [0, 0.05) is 30.0 Å². The number of carboxylic acid groups (broad SMARTS) is 1. The molecule has 2 atom stereocenters. The maximum Gasteiger partial charge on any atom is 0.407 e. The van der Waals surface area contributed by atoms with Crippen LogP contribution in [0.15, 0.2) is 24.3 Å². The summed E-state index contributed by atoms with van der Waals surface area (Å²) in [5.74, 6) is -1.24. The van der Waals surface area contributed by atoms with Crippen molar-refractivity contribution in [3.8, 4) is 0 Å². The summed E-state index contributed by atoms with van der Waals surface area (Å²) in [6.45, 7) is 9.53. The smallest absolute Gasteiger partial charge is 0.407 e. The Bertz CT molecular complexity index is 732. The summed E-state index contributed by atoms with van der Waals surface area (Å²) in [7, 11) is 0. The van der Waals surface area contributed by atoms with E-state index >= 15 is 0 Å². The Kier molecular flexibility index (Phi) is 11.0. The number of benzene rings is 1. The maximum absolute atomic E-state index is 12.8. The van der Waals surface area contributed by atoms with Crippen LogP contribution in [-0.2, 0) is 19.7 Å². The fourth-order valence-corrected chi connectivity index (χ4v) is 3.06. The summed E-state index contributed by atoms with van der Waals surface area (Å²) in [5.41, 5.74) is 1.09. The molecule has 9 heteroatoms. The molecule has 0 radical (unpaired) electrons. The van der Waals surface area contributed by atoms with Gasteiger partial charge in [-0.25, -0.2) is 4.79 Å². The minimum atomic E-state index is -0.978. The molecule has 1 unspecified atom stereocenters. The number of carboxylic acids is 1. The van der Waals surface area contributed by atoms with Crippen LogP contribution < -0.4 is 16.0 Å². The Morgan fingerprint density at radius 1 is 1.13 bits per heavy atom. The molecule has 0 saturated carbocycles. The van der Waals surface area contributed by atoms with E-state index in [0.29, 0.717) is 11.0 Å². The van der Waals surface area contributed by atoms with Crippen molar-refractivity contribution < 1.29 is 24.2 Å². The number of amides is 2. The first-order valence-corrected chi connectivity index (χ1v) is 11.4. The monoisotopic (exact) mass is 499 g/mol. The van der Waals surface area contributed by atoms with E-state index in [1.54, 1.807) is 32.9 Å². The summed E-state index contributed by atoms with van der Waals surface area (Å²) in [6, 6.07) is 6.35.